The summed E-state index contributed by atoms with van der Waals surface area (Å²) in [5.41, 5.74) is 2.29. The molecule has 0 spiro atoms. The van der Waals surface area contributed by atoms with Crippen molar-refractivity contribution in [3.8, 4) is 11.3 Å². The maximum absolute atomic E-state index is 13.2. The molecule has 1 saturated heterocycles. The highest BCUT2D eigenvalue weighted by atomic mass is 32.2. The van der Waals surface area contributed by atoms with Crippen LogP contribution in [-0.4, -0.2) is 43.4 Å². The molecule has 146 valence electrons. The van der Waals surface area contributed by atoms with Gasteiger partial charge in [-0.05, 0) is 45.2 Å². The lowest BCUT2D eigenvalue weighted by Crippen LogP contribution is -2.40. The Morgan fingerprint density at radius 2 is 2.00 bits per heavy atom. The number of ether oxygens (including phenoxy) is 1. The van der Waals surface area contributed by atoms with Crippen LogP contribution < -0.4 is 0 Å². The Morgan fingerprint density at radius 3 is 2.59 bits per heavy atom. The van der Waals surface area contributed by atoms with Crippen LogP contribution >= 0.6 is 11.3 Å². The van der Waals surface area contributed by atoms with Gasteiger partial charge in [0.2, 0.25) is 10.0 Å². The van der Waals surface area contributed by atoms with Crippen molar-refractivity contribution in [1.82, 2.24) is 9.29 Å². The van der Waals surface area contributed by atoms with Gasteiger partial charge in [-0.1, -0.05) is 12.1 Å². The molecule has 1 aliphatic heterocycles. The molecule has 1 aromatic heterocycles. The summed E-state index contributed by atoms with van der Waals surface area (Å²) in [6, 6.07) is 5.43. The smallest absolute Gasteiger partial charge is 0.309 e. The van der Waals surface area contributed by atoms with Gasteiger partial charge in [0.15, 0.2) is 0 Å². The van der Waals surface area contributed by atoms with Crippen LogP contribution in [0.15, 0.2) is 28.5 Å². The monoisotopic (exact) mass is 408 g/mol. The van der Waals surface area contributed by atoms with Crippen molar-refractivity contribution in [2.45, 2.75) is 38.5 Å². The Balaban J connectivity index is 1.82. The predicted molar refractivity (Wildman–Crippen MR) is 105 cm³/mol. The Morgan fingerprint density at radius 1 is 1.30 bits per heavy atom. The third-order valence-corrected chi connectivity index (χ3v) is 7.61. The predicted octanol–water partition coefficient (Wildman–Crippen LogP) is 3.39. The second-order valence-electron chi connectivity index (χ2n) is 6.66. The number of piperidine rings is 1. The van der Waals surface area contributed by atoms with Gasteiger partial charge in [-0.15, -0.1) is 11.3 Å². The minimum absolute atomic E-state index is 0.221. The fourth-order valence-electron chi connectivity index (χ4n) is 3.26. The van der Waals surface area contributed by atoms with Crippen LogP contribution in [0.1, 0.15) is 30.3 Å². The average Bonchev–Trinajstić information content (AvgIpc) is 3.08. The maximum Gasteiger partial charge on any atom is 0.309 e. The lowest BCUT2D eigenvalue weighted by Gasteiger charge is -2.30. The normalized spacial score (nSPS) is 16.4. The van der Waals surface area contributed by atoms with E-state index in [2.05, 4.69) is 4.98 Å². The molecule has 6 nitrogen and oxygen atoms in total. The molecule has 8 heteroatoms. The van der Waals surface area contributed by atoms with E-state index in [0.717, 1.165) is 16.3 Å². The van der Waals surface area contributed by atoms with Crippen LogP contribution in [0.2, 0.25) is 0 Å². The summed E-state index contributed by atoms with van der Waals surface area (Å²) < 4.78 is 32.9. The fourth-order valence-corrected chi connectivity index (χ4v) is 5.61. The van der Waals surface area contributed by atoms with E-state index < -0.39 is 10.0 Å². The highest BCUT2D eigenvalue weighted by molar-refractivity contribution is 7.89. The Hall–Kier alpha value is -1.77. The highest BCUT2D eigenvalue weighted by Crippen LogP contribution is 2.30. The van der Waals surface area contributed by atoms with E-state index in [1.807, 2.05) is 24.4 Å². The maximum atomic E-state index is 13.2. The SMILES string of the molecule is CCOC(=O)C1CCN(S(=O)(=O)c2cc(-c3csc(C)n3)ccc2C)CC1. The quantitative estimate of drug-likeness (QED) is 0.709. The lowest BCUT2D eigenvalue weighted by molar-refractivity contribution is -0.149. The van der Waals surface area contributed by atoms with Crippen molar-refractivity contribution >= 4 is 27.3 Å². The standard InChI is InChI=1S/C19H24N2O4S2/c1-4-25-19(22)15-7-9-21(10-8-15)27(23,24)18-11-16(6-5-13(18)2)17-12-26-14(3)20-17/h5-6,11-12,15H,4,7-10H2,1-3H3. The number of thiazole rings is 1. The number of aryl methyl sites for hydroxylation is 2. The van der Waals surface area contributed by atoms with E-state index in [0.29, 0.717) is 43.0 Å². The molecule has 0 bridgehead atoms. The topological polar surface area (TPSA) is 76.6 Å². The largest absolute Gasteiger partial charge is 0.466 e. The minimum Gasteiger partial charge on any atom is -0.466 e. The molecule has 0 unspecified atom stereocenters. The van der Waals surface area contributed by atoms with Crippen molar-refractivity contribution in [2.75, 3.05) is 19.7 Å². The molecule has 0 saturated carbocycles. The molecule has 0 amide bonds. The van der Waals surface area contributed by atoms with Crippen molar-refractivity contribution in [3.63, 3.8) is 0 Å². The molecule has 1 aromatic carbocycles. The molecule has 2 aromatic rings. The summed E-state index contributed by atoms with van der Waals surface area (Å²) in [6.07, 6.45) is 0.976. The van der Waals surface area contributed by atoms with Gasteiger partial charge in [-0.2, -0.15) is 4.31 Å². The molecule has 2 heterocycles. The van der Waals surface area contributed by atoms with Crippen molar-refractivity contribution < 1.29 is 17.9 Å². The minimum atomic E-state index is -3.62. The van der Waals surface area contributed by atoms with Gasteiger partial charge < -0.3 is 4.74 Å². The number of sulfonamides is 1. The van der Waals surface area contributed by atoms with Gasteiger partial charge in [-0.3, -0.25) is 4.79 Å². The number of esters is 1. The van der Waals surface area contributed by atoms with E-state index >= 15 is 0 Å². The van der Waals surface area contributed by atoms with Gasteiger partial charge in [0.25, 0.3) is 0 Å². The number of nitrogens with zero attached hydrogens (tertiary/aromatic N) is 2. The number of aromatic nitrogens is 1. The second-order valence-corrected chi connectivity index (χ2v) is 9.63. The van der Waals surface area contributed by atoms with Gasteiger partial charge in [0.05, 0.1) is 28.1 Å². The van der Waals surface area contributed by atoms with Crippen LogP contribution in [0.25, 0.3) is 11.3 Å². The molecule has 0 radical (unpaired) electrons. The van der Waals surface area contributed by atoms with Crippen LogP contribution in [0.3, 0.4) is 0 Å². The lowest BCUT2D eigenvalue weighted by atomic mass is 9.98. The van der Waals surface area contributed by atoms with E-state index in [1.165, 1.54) is 15.6 Å². The van der Waals surface area contributed by atoms with Gasteiger partial charge >= 0.3 is 5.97 Å². The zero-order valence-electron chi connectivity index (χ0n) is 15.8. The first-order valence-electron chi connectivity index (χ1n) is 9.03. The summed E-state index contributed by atoms with van der Waals surface area (Å²) in [7, 11) is -3.62. The average molecular weight is 409 g/mol. The number of hydrogen-bond acceptors (Lipinski definition) is 6. The number of benzene rings is 1. The first-order chi connectivity index (χ1) is 12.8. The second kappa shape index (κ2) is 8.08. The van der Waals surface area contributed by atoms with Crippen LogP contribution in [0.4, 0.5) is 0 Å². The number of hydrogen-bond donors (Lipinski definition) is 0. The fraction of sp³-hybridized carbons (Fsp3) is 0.474. The van der Waals surface area contributed by atoms with Gasteiger partial charge in [0, 0.05) is 24.0 Å². The molecule has 0 atom stereocenters. The molecule has 0 aliphatic carbocycles. The third-order valence-electron chi connectivity index (χ3n) is 4.79. The van der Waals surface area contributed by atoms with E-state index in [9.17, 15) is 13.2 Å². The highest BCUT2D eigenvalue weighted by Gasteiger charge is 2.33. The molecule has 27 heavy (non-hydrogen) atoms. The molecule has 0 N–H and O–H groups in total. The van der Waals surface area contributed by atoms with Gasteiger partial charge in [-0.25, -0.2) is 13.4 Å². The molecule has 1 aliphatic rings. The summed E-state index contributed by atoms with van der Waals surface area (Å²) in [5.74, 6) is -0.451. The Labute approximate surface area is 164 Å². The summed E-state index contributed by atoms with van der Waals surface area (Å²) >= 11 is 1.54. The summed E-state index contributed by atoms with van der Waals surface area (Å²) in [5, 5.41) is 2.87. The van der Waals surface area contributed by atoms with Crippen LogP contribution in [-0.2, 0) is 19.6 Å². The Bertz CT molecular complexity index is 929. The van der Waals surface area contributed by atoms with E-state index in [1.54, 1.807) is 19.9 Å². The number of rotatable bonds is 5. The first-order valence-corrected chi connectivity index (χ1v) is 11.3. The van der Waals surface area contributed by atoms with Crippen LogP contribution in [0.5, 0.6) is 0 Å². The molecular weight excluding hydrogens is 384 g/mol. The van der Waals surface area contributed by atoms with E-state index in [4.69, 9.17) is 4.74 Å². The molecular formula is C19H24N2O4S2. The zero-order chi connectivity index (χ0) is 19.6. The zero-order valence-corrected chi connectivity index (χ0v) is 17.4. The first kappa shape index (κ1) is 20.0. The van der Waals surface area contributed by atoms with Crippen LogP contribution in [0, 0.1) is 19.8 Å². The summed E-state index contributed by atoms with van der Waals surface area (Å²) in [6.45, 7) is 6.50. The third kappa shape index (κ3) is 4.23. The Kier molecular flexibility index (Phi) is 5.98. The van der Waals surface area contributed by atoms with Crippen molar-refractivity contribution in [1.29, 1.82) is 0 Å². The molecule has 3 rings (SSSR count). The van der Waals surface area contributed by atoms with Crippen molar-refractivity contribution in [2.24, 2.45) is 5.92 Å². The number of carbonyl (C=O) groups excluding carboxylic acids is 1. The summed E-state index contributed by atoms with van der Waals surface area (Å²) in [4.78, 5) is 16.6. The van der Waals surface area contributed by atoms with E-state index in [-0.39, 0.29) is 11.9 Å². The van der Waals surface area contributed by atoms with Crippen molar-refractivity contribution in [3.05, 3.63) is 34.2 Å². The molecule has 1 fully saturated rings. The number of carbonyl (C=O) groups is 1. The van der Waals surface area contributed by atoms with Gasteiger partial charge in [0.1, 0.15) is 0 Å².